The monoisotopic (exact) mass is 532 g/mol. The molecule has 3 atom stereocenters. The summed E-state index contributed by atoms with van der Waals surface area (Å²) in [5.41, 5.74) is 8.94. The lowest BCUT2D eigenvalue weighted by atomic mass is 9.80. The van der Waals surface area contributed by atoms with Crippen LogP contribution in [0.1, 0.15) is 6.42 Å². The lowest BCUT2D eigenvalue weighted by Crippen LogP contribution is -2.58. The van der Waals surface area contributed by atoms with Crippen LogP contribution in [0.15, 0.2) is 42.5 Å². The van der Waals surface area contributed by atoms with E-state index in [0.29, 0.717) is 46.1 Å². The zero-order valence-electron chi connectivity index (χ0n) is 21.3. The maximum absolute atomic E-state index is 16.6. The molecule has 7 nitrogen and oxygen atoms in total. The van der Waals surface area contributed by atoms with Gasteiger partial charge in [0.15, 0.2) is 11.6 Å². The highest BCUT2D eigenvalue weighted by atomic mass is 35.5. The molecule has 3 aromatic carbocycles. The molecule has 4 heterocycles. The molecule has 1 saturated carbocycles. The summed E-state index contributed by atoms with van der Waals surface area (Å²) in [5, 5.41) is 20.0. The van der Waals surface area contributed by atoms with Crippen molar-refractivity contribution in [1.29, 1.82) is 0 Å². The average molecular weight is 533 g/mol. The number of nitrogens with two attached hydrogens (primary N) is 1. The van der Waals surface area contributed by atoms with Gasteiger partial charge >= 0.3 is 0 Å². The Bertz CT molecular complexity index is 1590. The molecular formula is C29H30ClFN6O. The summed E-state index contributed by atoms with van der Waals surface area (Å²) < 4.78 is 16.6. The van der Waals surface area contributed by atoms with Gasteiger partial charge in [-0.15, -0.1) is 0 Å². The van der Waals surface area contributed by atoms with Crippen molar-refractivity contribution in [3.8, 4) is 16.9 Å². The number of anilines is 3. The lowest BCUT2D eigenvalue weighted by Gasteiger charge is -2.44. The van der Waals surface area contributed by atoms with Crippen molar-refractivity contribution < 1.29 is 9.50 Å². The molecule has 0 amide bonds. The van der Waals surface area contributed by atoms with E-state index in [0.717, 1.165) is 36.8 Å². The van der Waals surface area contributed by atoms with Crippen LogP contribution in [0.2, 0.25) is 5.02 Å². The normalized spacial score (nSPS) is 22.8. The molecule has 0 radical (unpaired) electrons. The molecule has 4 aliphatic rings. The molecule has 1 aromatic heterocycles. The number of phenols is 1. The number of aromatic hydroxyl groups is 1. The molecule has 5 N–H and O–H groups in total. The molecule has 3 aliphatic heterocycles. The van der Waals surface area contributed by atoms with E-state index >= 15 is 4.39 Å². The number of nitrogen functional groups attached to an aromatic ring is 1. The second-order valence-corrected chi connectivity index (χ2v) is 11.5. The minimum Gasteiger partial charge on any atom is -0.508 e. The molecule has 9 heteroatoms. The zero-order valence-corrected chi connectivity index (χ0v) is 22.1. The van der Waals surface area contributed by atoms with Gasteiger partial charge in [0.1, 0.15) is 11.3 Å². The number of benzene rings is 3. The van der Waals surface area contributed by atoms with Gasteiger partial charge in [-0.25, -0.2) is 9.37 Å². The van der Waals surface area contributed by atoms with Gasteiger partial charge in [0, 0.05) is 48.7 Å². The summed E-state index contributed by atoms with van der Waals surface area (Å²) in [6.07, 6.45) is 1.13. The van der Waals surface area contributed by atoms with Crippen molar-refractivity contribution in [2.45, 2.75) is 24.5 Å². The number of likely N-dealkylation sites (N-methyl/N-ethyl adjacent to an activating group) is 1. The quantitative estimate of drug-likeness (QED) is 0.297. The molecule has 4 fully saturated rings. The lowest BCUT2D eigenvalue weighted by molar-refractivity contribution is 0.246. The third kappa shape index (κ3) is 3.51. The fraction of sp³-hybridized carbons (Fsp3) is 0.345. The number of aromatic nitrogens is 1. The van der Waals surface area contributed by atoms with Crippen LogP contribution in [-0.4, -0.2) is 66.8 Å². The summed E-state index contributed by atoms with van der Waals surface area (Å²) in [6.45, 7) is 2.51. The second-order valence-electron chi connectivity index (χ2n) is 11.1. The smallest absolute Gasteiger partial charge is 0.158 e. The van der Waals surface area contributed by atoms with Crippen LogP contribution in [0.25, 0.3) is 32.8 Å². The molecule has 4 aromatic rings. The summed E-state index contributed by atoms with van der Waals surface area (Å²) in [6, 6.07) is 13.5. The molecule has 8 rings (SSSR count). The number of pyridine rings is 1. The number of hydrogen-bond donors (Lipinski definition) is 4. The van der Waals surface area contributed by atoms with Gasteiger partial charge < -0.3 is 31.3 Å². The van der Waals surface area contributed by atoms with E-state index in [2.05, 4.69) is 34.5 Å². The maximum Gasteiger partial charge on any atom is 0.158 e. The first-order valence-electron chi connectivity index (χ1n) is 13.0. The SMILES string of the molecule is CN(C)C1CN(c2nc3c(F)c(-c4cc(O)cc5ccccc45)c(Cl)cc3c(NC3C4CNC3C4)c2N)C1. The average Bonchev–Trinajstić information content (AvgIpc) is 3.48. The summed E-state index contributed by atoms with van der Waals surface area (Å²) in [4.78, 5) is 9.10. The first-order chi connectivity index (χ1) is 18.3. The molecule has 3 unspecified atom stereocenters. The number of nitrogens with one attached hydrogen (secondary N) is 2. The Kier molecular flexibility index (Phi) is 5.37. The number of halogens is 2. The third-order valence-corrected chi connectivity index (χ3v) is 8.95. The maximum atomic E-state index is 16.6. The van der Waals surface area contributed by atoms with Crippen molar-refractivity contribution in [2.75, 3.05) is 49.7 Å². The van der Waals surface area contributed by atoms with Crippen LogP contribution in [0.3, 0.4) is 0 Å². The van der Waals surface area contributed by atoms with Crippen molar-refractivity contribution in [2.24, 2.45) is 5.92 Å². The van der Waals surface area contributed by atoms with Gasteiger partial charge in [-0.1, -0.05) is 35.9 Å². The van der Waals surface area contributed by atoms with E-state index < -0.39 is 5.82 Å². The Labute approximate surface area is 225 Å². The second kappa shape index (κ2) is 8.59. The number of fused-ring (bicyclic) bond motifs is 3. The number of rotatable bonds is 5. The Balaban J connectivity index is 1.43. The zero-order chi connectivity index (χ0) is 26.3. The van der Waals surface area contributed by atoms with Gasteiger partial charge in [0.2, 0.25) is 0 Å². The van der Waals surface area contributed by atoms with Gasteiger partial charge in [-0.2, -0.15) is 0 Å². The van der Waals surface area contributed by atoms with Crippen LogP contribution < -0.4 is 21.3 Å². The molecule has 0 spiro atoms. The fourth-order valence-corrected chi connectivity index (χ4v) is 6.59. The number of hydrogen-bond acceptors (Lipinski definition) is 7. The highest BCUT2D eigenvalue weighted by Crippen LogP contribution is 2.47. The van der Waals surface area contributed by atoms with E-state index in [1.54, 1.807) is 18.2 Å². The van der Waals surface area contributed by atoms with E-state index in [-0.39, 0.29) is 27.9 Å². The summed E-state index contributed by atoms with van der Waals surface area (Å²) in [7, 11) is 4.11. The Morgan fingerprint density at radius 2 is 1.97 bits per heavy atom. The van der Waals surface area contributed by atoms with Crippen molar-refractivity contribution in [1.82, 2.24) is 15.2 Å². The topological polar surface area (TPSA) is 89.7 Å². The largest absolute Gasteiger partial charge is 0.508 e. The van der Waals surface area contributed by atoms with Crippen LogP contribution in [0.5, 0.6) is 5.75 Å². The van der Waals surface area contributed by atoms with Crippen molar-refractivity contribution in [3.63, 3.8) is 0 Å². The molecule has 2 bridgehead atoms. The van der Waals surface area contributed by atoms with Gasteiger partial charge in [0.25, 0.3) is 0 Å². The van der Waals surface area contributed by atoms with Crippen LogP contribution in [0.4, 0.5) is 21.6 Å². The molecule has 3 saturated heterocycles. The molecular weight excluding hydrogens is 503 g/mol. The van der Waals surface area contributed by atoms with Crippen molar-refractivity contribution in [3.05, 3.63) is 53.3 Å². The first-order valence-corrected chi connectivity index (χ1v) is 13.4. The third-order valence-electron chi connectivity index (χ3n) is 8.65. The van der Waals surface area contributed by atoms with E-state index in [4.69, 9.17) is 22.3 Å². The summed E-state index contributed by atoms with van der Waals surface area (Å²) in [5.74, 6) is 0.634. The summed E-state index contributed by atoms with van der Waals surface area (Å²) >= 11 is 6.82. The van der Waals surface area contributed by atoms with Gasteiger partial charge in [-0.05, 0) is 61.0 Å². The highest BCUT2D eigenvalue weighted by Gasteiger charge is 2.47. The minimum absolute atomic E-state index is 0.0471. The Morgan fingerprint density at radius 1 is 1.18 bits per heavy atom. The Morgan fingerprint density at radius 3 is 2.68 bits per heavy atom. The van der Waals surface area contributed by atoms with Crippen LogP contribution in [0, 0.1) is 11.7 Å². The Hall–Kier alpha value is -3.33. The van der Waals surface area contributed by atoms with Gasteiger partial charge in [-0.3, -0.25) is 0 Å². The molecule has 196 valence electrons. The van der Waals surface area contributed by atoms with Crippen LogP contribution >= 0.6 is 11.6 Å². The van der Waals surface area contributed by atoms with E-state index in [1.807, 2.05) is 24.3 Å². The van der Waals surface area contributed by atoms with Crippen LogP contribution in [-0.2, 0) is 0 Å². The van der Waals surface area contributed by atoms with Crippen molar-refractivity contribution >= 4 is 50.5 Å². The standard InChI is InChI=1S/C29H30ClFN6O/c1-36(2)16-12-37(13-16)29-25(32)28(34-26-15-8-22(26)33-11-15)20-10-21(30)23(24(31)27(20)35-29)19-9-17(38)7-14-5-3-4-6-18(14)19/h3-7,9-10,15-16,22,26,33,38H,8,11-13,32H2,1-2H3,(H,34,35). The van der Waals surface area contributed by atoms with Gasteiger partial charge in [0.05, 0.1) is 16.4 Å². The fourth-order valence-electron chi connectivity index (χ4n) is 6.29. The molecule has 38 heavy (non-hydrogen) atoms. The minimum atomic E-state index is -0.521. The predicted octanol–water partition coefficient (Wildman–Crippen LogP) is 4.66. The highest BCUT2D eigenvalue weighted by molar-refractivity contribution is 6.35. The predicted molar refractivity (Wildman–Crippen MR) is 153 cm³/mol. The number of phenolic OH excluding ortho intramolecular Hbond substituents is 1. The number of nitrogens with zero attached hydrogens (tertiary/aromatic N) is 3. The molecule has 1 aliphatic carbocycles. The van der Waals surface area contributed by atoms with E-state index in [1.165, 1.54) is 0 Å². The first kappa shape index (κ1) is 23.8. The van der Waals surface area contributed by atoms with E-state index in [9.17, 15) is 5.11 Å².